The molecule has 0 saturated carbocycles. The highest BCUT2D eigenvalue weighted by molar-refractivity contribution is 5.91. The van der Waals surface area contributed by atoms with Crippen LogP contribution in [0.4, 0.5) is 0 Å². The highest BCUT2D eigenvalue weighted by atomic mass is 16.6. The molecule has 122 valence electrons. The van der Waals surface area contributed by atoms with Gasteiger partial charge in [0.2, 0.25) is 0 Å². The van der Waals surface area contributed by atoms with Gasteiger partial charge in [-0.1, -0.05) is 0 Å². The molecule has 0 amide bonds. The van der Waals surface area contributed by atoms with Gasteiger partial charge in [0.1, 0.15) is 31.0 Å². The lowest BCUT2D eigenvalue weighted by atomic mass is 10.0. The number of phenols is 3. The number of benzene rings is 1. The molecule has 9 heteroatoms. The van der Waals surface area contributed by atoms with Crippen molar-refractivity contribution in [1.29, 1.82) is 0 Å². The fourth-order valence-corrected chi connectivity index (χ4v) is 1.98. The molecular formula is C13H16O9. The first-order valence-corrected chi connectivity index (χ1v) is 6.39. The molecule has 1 fully saturated rings. The Morgan fingerprint density at radius 1 is 1.14 bits per heavy atom. The molecule has 0 bridgehead atoms. The molecule has 9 nitrogen and oxygen atoms in total. The topological polar surface area (TPSA) is 157 Å². The van der Waals surface area contributed by atoms with Crippen LogP contribution in [0.3, 0.4) is 0 Å². The molecule has 1 aliphatic rings. The third-order valence-corrected chi connectivity index (χ3v) is 3.29. The SMILES string of the molecule is O=C(OC[C@H]1OC[C@H](O)[C@@H](O)[C@@H]1O)c1cc(O)c(O)c(O)c1. The molecule has 22 heavy (non-hydrogen) atoms. The van der Waals surface area contributed by atoms with Gasteiger partial charge in [-0.25, -0.2) is 4.79 Å². The van der Waals surface area contributed by atoms with E-state index in [-0.39, 0.29) is 12.2 Å². The summed E-state index contributed by atoms with van der Waals surface area (Å²) < 4.78 is 9.90. The van der Waals surface area contributed by atoms with Crippen molar-refractivity contribution in [2.24, 2.45) is 0 Å². The molecule has 0 spiro atoms. The summed E-state index contributed by atoms with van der Waals surface area (Å²) in [7, 11) is 0. The quantitative estimate of drug-likeness (QED) is 0.286. The summed E-state index contributed by atoms with van der Waals surface area (Å²) in [5.41, 5.74) is -0.223. The smallest absolute Gasteiger partial charge is 0.338 e. The number of rotatable bonds is 3. The summed E-state index contributed by atoms with van der Waals surface area (Å²) in [6, 6.07) is 1.79. The Hall–Kier alpha value is -2.07. The van der Waals surface area contributed by atoms with Crippen LogP contribution in [0, 0.1) is 0 Å². The lowest BCUT2D eigenvalue weighted by Crippen LogP contribution is -2.54. The van der Waals surface area contributed by atoms with Crippen LogP contribution in [0.25, 0.3) is 0 Å². The van der Waals surface area contributed by atoms with E-state index in [1.54, 1.807) is 0 Å². The Balaban J connectivity index is 1.98. The van der Waals surface area contributed by atoms with Gasteiger partial charge in [0.25, 0.3) is 0 Å². The molecule has 1 saturated heterocycles. The van der Waals surface area contributed by atoms with Gasteiger partial charge in [-0.2, -0.15) is 0 Å². The number of hydrogen-bond donors (Lipinski definition) is 6. The van der Waals surface area contributed by atoms with Crippen LogP contribution in [0.1, 0.15) is 10.4 Å². The normalized spacial score (nSPS) is 28.3. The first-order chi connectivity index (χ1) is 10.3. The number of hydrogen-bond acceptors (Lipinski definition) is 9. The standard InChI is InChI=1S/C13H16O9/c14-6-1-5(2-7(15)10(6)17)13(20)22-4-9-12(19)11(18)8(16)3-21-9/h1-2,8-9,11-12,14-19H,3-4H2/t8-,9+,11+,12+/m0/s1. The Morgan fingerprint density at radius 3 is 2.32 bits per heavy atom. The van der Waals surface area contributed by atoms with E-state index in [9.17, 15) is 35.4 Å². The van der Waals surface area contributed by atoms with Crippen LogP contribution >= 0.6 is 0 Å². The van der Waals surface area contributed by atoms with E-state index in [2.05, 4.69) is 0 Å². The molecule has 4 atom stereocenters. The maximum absolute atomic E-state index is 11.8. The van der Waals surface area contributed by atoms with E-state index in [1.807, 2.05) is 0 Å². The molecule has 1 heterocycles. The number of ether oxygens (including phenoxy) is 2. The summed E-state index contributed by atoms with van der Waals surface area (Å²) in [5.74, 6) is -3.10. The van der Waals surface area contributed by atoms with E-state index in [0.29, 0.717) is 0 Å². The van der Waals surface area contributed by atoms with Crippen LogP contribution in [0.5, 0.6) is 17.2 Å². The second-order valence-corrected chi connectivity index (χ2v) is 4.88. The van der Waals surface area contributed by atoms with Crippen molar-refractivity contribution in [2.45, 2.75) is 24.4 Å². The van der Waals surface area contributed by atoms with Gasteiger partial charge in [-0.15, -0.1) is 0 Å². The van der Waals surface area contributed by atoms with Gasteiger partial charge in [0, 0.05) is 0 Å². The van der Waals surface area contributed by atoms with E-state index >= 15 is 0 Å². The second kappa shape index (κ2) is 6.36. The zero-order chi connectivity index (χ0) is 16.4. The molecule has 1 aliphatic heterocycles. The predicted molar refractivity (Wildman–Crippen MR) is 69.5 cm³/mol. The molecule has 1 aromatic carbocycles. The third kappa shape index (κ3) is 3.22. The van der Waals surface area contributed by atoms with E-state index in [4.69, 9.17) is 9.47 Å². The number of aliphatic hydroxyl groups is 3. The summed E-state index contributed by atoms with van der Waals surface area (Å²) in [6.45, 7) is -0.632. The summed E-state index contributed by atoms with van der Waals surface area (Å²) in [5, 5.41) is 56.2. The highest BCUT2D eigenvalue weighted by Gasteiger charge is 2.38. The zero-order valence-electron chi connectivity index (χ0n) is 11.3. The van der Waals surface area contributed by atoms with Gasteiger partial charge in [0.15, 0.2) is 17.2 Å². The zero-order valence-corrected chi connectivity index (χ0v) is 11.3. The van der Waals surface area contributed by atoms with E-state index < -0.39 is 54.2 Å². The molecule has 0 aliphatic carbocycles. The maximum Gasteiger partial charge on any atom is 0.338 e. The Kier molecular flexibility index (Phi) is 4.71. The van der Waals surface area contributed by atoms with E-state index in [0.717, 1.165) is 12.1 Å². The lowest BCUT2D eigenvalue weighted by molar-refractivity contribution is -0.195. The molecule has 1 aromatic rings. The van der Waals surface area contributed by atoms with Crippen molar-refractivity contribution >= 4 is 5.97 Å². The first kappa shape index (κ1) is 16.3. The van der Waals surface area contributed by atoms with Crippen molar-refractivity contribution in [1.82, 2.24) is 0 Å². The average Bonchev–Trinajstić information content (AvgIpc) is 2.48. The summed E-state index contributed by atoms with van der Waals surface area (Å²) in [6.07, 6.45) is -5.10. The van der Waals surface area contributed by atoms with Gasteiger partial charge < -0.3 is 40.1 Å². The molecule has 2 rings (SSSR count). The van der Waals surface area contributed by atoms with Gasteiger partial charge >= 0.3 is 5.97 Å². The predicted octanol–water partition coefficient (Wildman–Crippen LogP) is -1.56. The number of carbonyl (C=O) groups is 1. The lowest BCUT2D eigenvalue weighted by Gasteiger charge is -2.34. The number of esters is 1. The minimum absolute atomic E-state index is 0.221. The summed E-state index contributed by atoms with van der Waals surface area (Å²) in [4.78, 5) is 11.8. The van der Waals surface area contributed by atoms with Crippen LogP contribution in [0.2, 0.25) is 0 Å². The van der Waals surface area contributed by atoms with Crippen molar-refractivity contribution in [3.63, 3.8) is 0 Å². The van der Waals surface area contributed by atoms with Gasteiger partial charge in [-0.3, -0.25) is 0 Å². The minimum atomic E-state index is -1.43. The Morgan fingerprint density at radius 2 is 1.73 bits per heavy atom. The van der Waals surface area contributed by atoms with Crippen LogP contribution in [0.15, 0.2) is 12.1 Å². The Bertz CT molecular complexity index is 535. The molecule has 0 radical (unpaired) electrons. The van der Waals surface area contributed by atoms with Gasteiger partial charge in [-0.05, 0) is 12.1 Å². The van der Waals surface area contributed by atoms with Crippen LogP contribution in [-0.2, 0) is 9.47 Å². The number of aliphatic hydroxyl groups excluding tert-OH is 3. The fourth-order valence-electron chi connectivity index (χ4n) is 1.98. The second-order valence-electron chi connectivity index (χ2n) is 4.88. The minimum Gasteiger partial charge on any atom is -0.504 e. The van der Waals surface area contributed by atoms with Crippen molar-refractivity contribution in [2.75, 3.05) is 13.2 Å². The summed E-state index contributed by atoms with van der Waals surface area (Å²) >= 11 is 0. The molecule has 6 N–H and O–H groups in total. The van der Waals surface area contributed by atoms with Gasteiger partial charge in [0.05, 0.1) is 12.2 Å². The molecular weight excluding hydrogens is 300 g/mol. The van der Waals surface area contributed by atoms with Crippen molar-refractivity contribution in [3.05, 3.63) is 17.7 Å². The number of carbonyl (C=O) groups excluding carboxylic acids is 1. The third-order valence-electron chi connectivity index (χ3n) is 3.29. The largest absolute Gasteiger partial charge is 0.504 e. The average molecular weight is 316 g/mol. The fraction of sp³-hybridized carbons (Fsp3) is 0.462. The maximum atomic E-state index is 11.8. The number of phenolic OH excluding ortho intramolecular Hbond substituents is 3. The molecule has 0 aromatic heterocycles. The first-order valence-electron chi connectivity index (χ1n) is 6.39. The monoisotopic (exact) mass is 316 g/mol. The Labute approximate surface area is 124 Å². The van der Waals surface area contributed by atoms with E-state index in [1.165, 1.54) is 0 Å². The number of aromatic hydroxyl groups is 3. The van der Waals surface area contributed by atoms with Crippen LogP contribution < -0.4 is 0 Å². The molecule has 0 unspecified atom stereocenters. The highest BCUT2D eigenvalue weighted by Crippen LogP contribution is 2.35. The van der Waals surface area contributed by atoms with Crippen molar-refractivity contribution in [3.8, 4) is 17.2 Å². The van der Waals surface area contributed by atoms with Crippen molar-refractivity contribution < 1.29 is 44.9 Å². The van der Waals surface area contributed by atoms with Crippen LogP contribution in [-0.4, -0.2) is 74.2 Å².